The molecule has 0 aliphatic carbocycles. The van der Waals surface area contributed by atoms with Crippen LogP contribution in [0.1, 0.15) is 23.6 Å². The molecule has 5 heteroatoms. The quantitative estimate of drug-likeness (QED) is 0.343. The average molecular weight is 458 g/mol. The Morgan fingerprint density at radius 2 is 1.35 bits per heavy atom. The van der Waals surface area contributed by atoms with Crippen LogP contribution in [-0.4, -0.2) is 49.8 Å². The number of amides is 1. The maximum absolute atomic E-state index is 12.4. The molecule has 0 spiro atoms. The fourth-order valence-electron chi connectivity index (χ4n) is 4.14. The van der Waals surface area contributed by atoms with Gasteiger partial charge in [0.05, 0.1) is 25.6 Å². The summed E-state index contributed by atoms with van der Waals surface area (Å²) < 4.78 is 17.7. The van der Waals surface area contributed by atoms with E-state index in [1.807, 2.05) is 67.6 Å². The number of benzene rings is 3. The van der Waals surface area contributed by atoms with Gasteiger partial charge >= 0.3 is 0 Å². The van der Waals surface area contributed by atoms with E-state index >= 15 is 0 Å². The number of nitrogens with zero attached hydrogens (tertiary/aromatic N) is 1. The maximum atomic E-state index is 12.4. The van der Waals surface area contributed by atoms with Gasteiger partial charge in [0.1, 0.15) is 6.61 Å². The number of hydrogen-bond donors (Lipinski definition) is 0. The highest BCUT2D eigenvalue weighted by molar-refractivity contribution is 5.77. The van der Waals surface area contributed by atoms with E-state index in [9.17, 15) is 4.79 Å². The van der Waals surface area contributed by atoms with Gasteiger partial charge in [0.2, 0.25) is 5.91 Å². The van der Waals surface area contributed by atoms with Crippen molar-refractivity contribution in [2.75, 3.05) is 32.9 Å². The highest BCUT2D eigenvalue weighted by atomic mass is 16.5. The molecule has 1 heterocycles. The predicted octanol–water partition coefficient (Wildman–Crippen LogP) is 4.77. The van der Waals surface area contributed by atoms with Crippen LogP contribution in [0.15, 0.2) is 103 Å². The highest BCUT2D eigenvalue weighted by Gasteiger charge is 2.37. The third-order valence-electron chi connectivity index (χ3n) is 5.97. The normalized spacial score (nSPS) is 15.3. The fourth-order valence-corrected chi connectivity index (χ4v) is 4.14. The minimum absolute atomic E-state index is 0.0170. The zero-order valence-electron chi connectivity index (χ0n) is 19.5. The van der Waals surface area contributed by atoms with Crippen LogP contribution in [0, 0.1) is 0 Å². The lowest BCUT2D eigenvalue weighted by Gasteiger charge is -2.35. The molecule has 0 bridgehead atoms. The second-order valence-corrected chi connectivity index (χ2v) is 8.23. The van der Waals surface area contributed by atoms with Crippen molar-refractivity contribution < 1.29 is 19.0 Å². The minimum atomic E-state index is -0.830. The Morgan fingerprint density at radius 3 is 1.82 bits per heavy atom. The molecule has 1 aliphatic heterocycles. The van der Waals surface area contributed by atoms with E-state index in [1.54, 1.807) is 11.2 Å². The van der Waals surface area contributed by atoms with E-state index in [1.165, 1.54) is 0 Å². The smallest absolute Gasteiger partial charge is 0.248 e. The molecule has 3 aromatic carbocycles. The SMILES string of the molecule is CC(C=COC(c1ccccc1)(c1ccccc1)c1ccccc1)OCC(=O)N1CCOCC1. The highest BCUT2D eigenvalue weighted by Crippen LogP contribution is 2.40. The van der Waals surface area contributed by atoms with Crippen LogP contribution in [-0.2, 0) is 24.6 Å². The average Bonchev–Trinajstić information content (AvgIpc) is 2.92. The maximum Gasteiger partial charge on any atom is 0.248 e. The Morgan fingerprint density at radius 1 is 0.882 bits per heavy atom. The molecule has 0 N–H and O–H groups in total. The summed E-state index contributed by atoms with van der Waals surface area (Å²) in [5, 5.41) is 0. The Bertz CT molecular complexity index is 951. The minimum Gasteiger partial charge on any atom is -0.481 e. The number of carbonyl (C=O) groups is 1. The van der Waals surface area contributed by atoms with Crippen molar-refractivity contribution in [3.8, 4) is 0 Å². The summed E-state index contributed by atoms with van der Waals surface area (Å²) in [5.74, 6) is -0.0170. The summed E-state index contributed by atoms with van der Waals surface area (Å²) in [6.07, 6.45) is 3.25. The third kappa shape index (κ3) is 5.56. The molecule has 1 unspecified atom stereocenters. The van der Waals surface area contributed by atoms with E-state index in [0.717, 1.165) is 16.7 Å². The molecule has 0 saturated carbocycles. The van der Waals surface area contributed by atoms with Gasteiger partial charge in [-0.15, -0.1) is 0 Å². The van der Waals surface area contributed by atoms with Crippen LogP contribution in [0.3, 0.4) is 0 Å². The van der Waals surface area contributed by atoms with Gasteiger partial charge in [-0.3, -0.25) is 4.79 Å². The van der Waals surface area contributed by atoms with E-state index < -0.39 is 5.60 Å². The topological polar surface area (TPSA) is 48.0 Å². The van der Waals surface area contributed by atoms with Gasteiger partial charge in [-0.05, 0) is 13.0 Å². The van der Waals surface area contributed by atoms with Crippen molar-refractivity contribution in [1.82, 2.24) is 4.90 Å². The lowest BCUT2D eigenvalue weighted by Crippen LogP contribution is -2.42. The first kappa shape index (κ1) is 23.7. The summed E-state index contributed by atoms with van der Waals surface area (Å²) in [7, 11) is 0. The molecule has 1 saturated heterocycles. The molecule has 1 atom stereocenters. The predicted molar refractivity (Wildman–Crippen MR) is 132 cm³/mol. The molecule has 34 heavy (non-hydrogen) atoms. The van der Waals surface area contributed by atoms with E-state index in [0.29, 0.717) is 26.3 Å². The van der Waals surface area contributed by atoms with Crippen molar-refractivity contribution in [3.05, 3.63) is 120 Å². The summed E-state index contributed by atoms with van der Waals surface area (Å²) in [4.78, 5) is 14.2. The molecular formula is C29H31NO4. The number of morpholine rings is 1. The van der Waals surface area contributed by atoms with Crippen LogP contribution in [0.2, 0.25) is 0 Å². The monoisotopic (exact) mass is 457 g/mol. The lowest BCUT2D eigenvalue weighted by molar-refractivity contribution is -0.141. The summed E-state index contributed by atoms with van der Waals surface area (Å²) in [5.41, 5.74) is 2.23. The Kier molecular flexibility index (Phi) is 8.12. The standard InChI is InChI=1S/C29H31NO4/c1-24(33-23-28(31)30-18-21-32-22-19-30)17-20-34-29(25-11-5-2-6-12-25,26-13-7-3-8-14-26)27-15-9-4-10-16-27/h2-17,20,24H,18-19,21-23H2,1H3. The first-order chi connectivity index (χ1) is 16.7. The molecule has 176 valence electrons. The van der Waals surface area contributed by atoms with Crippen LogP contribution in [0.25, 0.3) is 0 Å². The Labute approximate surface area is 201 Å². The van der Waals surface area contributed by atoms with Crippen molar-refractivity contribution in [2.24, 2.45) is 0 Å². The van der Waals surface area contributed by atoms with Crippen LogP contribution >= 0.6 is 0 Å². The van der Waals surface area contributed by atoms with Crippen molar-refractivity contribution in [2.45, 2.75) is 18.6 Å². The molecule has 1 amide bonds. The second-order valence-electron chi connectivity index (χ2n) is 8.23. The molecule has 5 nitrogen and oxygen atoms in total. The summed E-state index contributed by atoms with van der Waals surface area (Å²) >= 11 is 0. The van der Waals surface area contributed by atoms with Gasteiger partial charge in [-0.1, -0.05) is 91.0 Å². The van der Waals surface area contributed by atoms with Gasteiger partial charge in [0.25, 0.3) is 0 Å². The fraction of sp³-hybridized carbons (Fsp3) is 0.276. The zero-order valence-corrected chi connectivity index (χ0v) is 19.5. The molecule has 0 radical (unpaired) electrons. The van der Waals surface area contributed by atoms with Crippen LogP contribution in [0.4, 0.5) is 0 Å². The molecule has 3 aromatic rings. The molecule has 1 fully saturated rings. The molecule has 1 aliphatic rings. The van der Waals surface area contributed by atoms with Gasteiger partial charge in [-0.2, -0.15) is 0 Å². The lowest BCUT2D eigenvalue weighted by atomic mass is 9.80. The first-order valence-electron chi connectivity index (χ1n) is 11.7. The largest absolute Gasteiger partial charge is 0.481 e. The van der Waals surface area contributed by atoms with Gasteiger partial charge in [0.15, 0.2) is 5.60 Å². The van der Waals surface area contributed by atoms with E-state index in [2.05, 4.69) is 36.4 Å². The Hall–Kier alpha value is -3.41. The number of hydrogen-bond acceptors (Lipinski definition) is 4. The van der Waals surface area contributed by atoms with Gasteiger partial charge in [0, 0.05) is 29.8 Å². The zero-order chi connectivity index (χ0) is 23.6. The molecule has 0 aromatic heterocycles. The number of ether oxygens (including phenoxy) is 3. The number of carbonyl (C=O) groups excluding carboxylic acids is 1. The Balaban J connectivity index is 1.55. The van der Waals surface area contributed by atoms with Crippen molar-refractivity contribution >= 4 is 5.91 Å². The number of rotatable bonds is 9. The van der Waals surface area contributed by atoms with Crippen LogP contribution < -0.4 is 0 Å². The third-order valence-corrected chi connectivity index (χ3v) is 5.97. The van der Waals surface area contributed by atoms with E-state index in [-0.39, 0.29) is 18.6 Å². The first-order valence-corrected chi connectivity index (χ1v) is 11.7. The van der Waals surface area contributed by atoms with Crippen LogP contribution in [0.5, 0.6) is 0 Å². The van der Waals surface area contributed by atoms with E-state index in [4.69, 9.17) is 14.2 Å². The molecule has 4 rings (SSSR count). The van der Waals surface area contributed by atoms with Gasteiger partial charge < -0.3 is 19.1 Å². The summed E-state index contributed by atoms with van der Waals surface area (Å²) in [6.45, 7) is 4.33. The van der Waals surface area contributed by atoms with Crippen molar-refractivity contribution in [1.29, 1.82) is 0 Å². The second kappa shape index (κ2) is 11.6. The van der Waals surface area contributed by atoms with Crippen molar-refractivity contribution in [3.63, 3.8) is 0 Å². The summed E-state index contributed by atoms with van der Waals surface area (Å²) in [6, 6.07) is 30.6. The molecular weight excluding hydrogens is 426 g/mol. The van der Waals surface area contributed by atoms with Gasteiger partial charge in [-0.25, -0.2) is 0 Å².